The molecule has 0 aliphatic heterocycles. The Morgan fingerprint density at radius 1 is 1.00 bits per heavy atom. The summed E-state index contributed by atoms with van der Waals surface area (Å²) in [7, 11) is 0. The van der Waals surface area contributed by atoms with Gasteiger partial charge in [0, 0.05) is 0 Å². The number of rotatable bonds is 2. The van der Waals surface area contributed by atoms with Crippen LogP contribution >= 0.6 is 0 Å². The van der Waals surface area contributed by atoms with Crippen LogP contribution in [0.25, 0.3) is 16.8 Å². The van der Waals surface area contributed by atoms with Gasteiger partial charge in [-0.3, -0.25) is 0 Å². The Bertz CT molecular complexity index is 616. The second-order valence-electron chi connectivity index (χ2n) is 5.10. The standard InChI is InChI=1S/C18H21/c1-6-7-8-16-11-13(3)15(5)18-14(4)9-12(2)10-17(16)18/h7-11H,1,6H2,2-5H3/b8-7+. The van der Waals surface area contributed by atoms with Crippen LogP contribution < -0.4 is 0 Å². The number of hydrogen-bond donors (Lipinski definition) is 0. The molecule has 0 N–H and O–H groups in total. The zero-order valence-electron chi connectivity index (χ0n) is 11.8. The number of hydrogen-bond acceptors (Lipinski definition) is 0. The van der Waals surface area contributed by atoms with Crippen molar-refractivity contribution in [1.29, 1.82) is 0 Å². The van der Waals surface area contributed by atoms with Crippen LogP contribution in [-0.2, 0) is 0 Å². The maximum Gasteiger partial charge on any atom is -0.0103 e. The molecule has 2 rings (SSSR count). The van der Waals surface area contributed by atoms with Crippen molar-refractivity contribution < 1.29 is 0 Å². The van der Waals surface area contributed by atoms with Crippen molar-refractivity contribution in [1.82, 2.24) is 0 Å². The lowest BCUT2D eigenvalue weighted by molar-refractivity contribution is 1.34. The van der Waals surface area contributed by atoms with E-state index < -0.39 is 0 Å². The highest BCUT2D eigenvalue weighted by Crippen LogP contribution is 2.30. The number of allylic oxidation sites excluding steroid dienone is 1. The van der Waals surface area contributed by atoms with Gasteiger partial charge in [-0.2, -0.15) is 0 Å². The summed E-state index contributed by atoms with van der Waals surface area (Å²) < 4.78 is 0. The summed E-state index contributed by atoms with van der Waals surface area (Å²) in [6.45, 7) is 12.6. The summed E-state index contributed by atoms with van der Waals surface area (Å²) in [5.41, 5.74) is 6.76. The zero-order chi connectivity index (χ0) is 13.3. The molecule has 2 aromatic rings. The molecule has 93 valence electrons. The van der Waals surface area contributed by atoms with Gasteiger partial charge in [0.15, 0.2) is 0 Å². The van der Waals surface area contributed by atoms with E-state index in [0.29, 0.717) is 0 Å². The Morgan fingerprint density at radius 2 is 1.72 bits per heavy atom. The number of benzene rings is 2. The Balaban J connectivity index is 2.87. The summed E-state index contributed by atoms with van der Waals surface area (Å²) in [6, 6.07) is 6.84. The van der Waals surface area contributed by atoms with Crippen LogP contribution in [0.1, 0.15) is 34.2 Å². The first-order valence-corrected chi connectivity index (χ1v) is 6.51. The average molecular weight is 237 g/mol. The molecule has 0 aromatic heterocycles. The molecule has 0 heteroatoms. The fourth-order valence-electron chi connectivity index (χ4n) is 2.66. The van der Waals surface area contributed by atoms with Crippen molar-refractivity contribution in [3.8, 4) is 0 Å². The molecule has 0 aliphatic carbocycles. The minimum Gasteiger partial charge on any atom is -0.0839 e. The van der Waals surface area contributed by atoms with E-state index in [4.69, 9.17) is 0 Å². The van der Waals surface area contributed by atoms with Gasteiger partial charge in [0.1, 0.15) is 0 Å². The van der Waals surface area contributed by atoms with Crippen LogP contribution in [-0.4, -0.2) is 0 Å². The summed E-state index contributed by atoms with van der Waals surface area (Å²) in [5.74, 6) is 0. The first-order chi connectivity index (χ1) is 8.54. The van der Waals surface area contributed by atoms with E-state index in [2.05, 4.69) is 65.0 Å². The van der Waals surface area contributed by atoms with Gasteiger partial charge >= 0.3 is 0 Å². The molecular weight excluding hydrogens is 216 g/mol. The van der Waals surface area contributed by atoms with Crippen LogP contribution in [0.5, 0.6) is 0 Å². The summed E-state index contributed by atoms with van der Waals surface area (Å²) >= 11 is 0. The highest BCUT2D eigenvalue weighted by molar-refractivity contribution is 5.96. The summed E-state index contributed by atoms with van der Waals surface area (Å²) in [4.78, 5) is 0. The first kappa shape index (κ1) is 12.9. The van der Waals surface area contributed by atoms with E-state index in [0.717, 1.165) is 6.42 Å². The van der Waals surface area contributed by atoms with Gasteiger partial charge < -0.3 is 0 Å². The third-order valence-corrected chi connectivity index (χ3v) is 3.59. The van der Waals surface area contributed by atoms with E-state index in [1.807, 2.05) is 0 Å². The number of aryl methyl sites for hydroxylation is 4. The molecule has 0 heterocycles. The van der Waals surface area contributed by atoms with Crippen LogP contribution in [0.2, 0.25) is 0 Å². The van der Waals surface area contributed by atoms with Crippen molar-refractivity contribution in [3.63, 3.8) is 0 Å². The zero-order valence-corrected chi connectivity index (χ0v) is 11.8. The van der Waals surface area contributed by atoms with Crippen LogP contribution in [0.15, 0.2) is 24.3 Å². The first-order valence-electron chi connectivity index (χ1n) is 6.51. The van der Waals surface area contributed by atoms with Gasteiger partial charge in [-0.15, -0.1) is 0 Å². The number of fused-ring (bicyclic) bond motifs is 1. The molecule has 18 heavy (non-hydrogen) atoms. The average Bonchev–Trinajstić information content (AvgIpc) is 2.31. The maximum absolute atomic E-state index is 3.87. The lowest BCUT2D eigenvalue weighted by Crippen LogP contribution is -1.92. The van der Waals surface area contributed by atoms with E-state index in [1.165, 1.54) is 38.6 Å². The van der Waals surface area contributed by atoms with Gasteiger partial charge in [-0.1, -0.05) is 35.9 Å². The third-order valence-electron chi connectivity index (χ3n) is 3.59. The summed E-state index contributed by atoms with van der Waals surface area (Å²) in [6.07, 6.45) is 5.15. The fraction of sp³-hybridized carbons (Fsp3) is 0.278. The Kier molecular flexibility index (Phi) is 3.56. The van der Waals surface area contributed by atoms with Crippen LogP contribution in [0, 0.1) is 34.6 Å². The second kappa shape index (κ2) is 4.97. The van der Waals surface area contributed by atoms with Gasteiger partial charge in [0.2, 0.25) is 0 Å². The Labute approximate surface area is 110 Å². The highest BCUT2D eigenvalue weighted by atomic mass is 14.1. The van der Waals surface area contributed by atoms with Crippen molar-refractivity contribution >= 4 is 16.8 Å². The Morgan fingerprint density at radius 3 is 2.39 bits per heavy atom. The lowest BCUT2D eigenvalue weighted by atomic mass is 9.91. The van der Waals surface area contributed by atoms with Crippen molar-refractivity contribution in [2.24, 2.45) is 0 Å². The molecule has 0 atom stereocenters. The predicted molar refractivity (Wildman–Crippen MR) is 81.9 cm³/mol. The third kappa shape index (κ3) is 2.20. The minimum absolute atomic E-state index is 0.833. The van der Waals surface area contributed by atoms with Gasteiger partial charge in [-0.05, 0) is 74.1 Å². The predicted octanol–water partition coefficient (Wildman–Crippen LogP) is 5.31. The maximum atomic E-state index is 3.87. The van der Waals surface area contributed by atoms with Crippen molar-refractivity contribution in [3.05, 3.63) is 59.0 Å². The molecule has 0 unspecified atom stereocenters. The van der Waals surface area contributed by atoms with Gasteiger partial charge in [0.05, 0.1) is 0 Å². The van der Waals surface area contributed by atoms with Crippen molar-refractivity contribution in [2.45, 2.75) is 34.1 Å². The minimum atomic E-state index is 0.833. The monoisotopic (exact) mass is 237 g/mol. The van der Waals surface area contributed by atoms with Crippen LogP contribution in [0.3, 0.4) is 0 Å². The molecule has 0 aliphatic rings. The molecule has 0 nitrogen and oxygen atoms in total. The topological polar surface area (TPSA) is 0 Å². The normalized spacial score (nSPS) is 11.6. The van der Waals surface area contributed by atoms with E-state index >= 15 is 0 Å². The van der Waals surface area contributed by atoms with E-state index in [1.54, 1.807) is 0 Å². The van der Waals surface area contributed by atoms with E-state index in [9.17, 15) is 0 Å². The molecule has 0 spiro atoms. The second-order valence-corrected chi connectivity index (χ2v) is 5.10. The summed E-state index contributed by atoms with van der Waals surface area (Å²) in [5, 5.41) is 2.77. The largest absolute Gasteiger partial charge is 0.0839 e. The highest BCUT2D eigenvalue weighted by Gasteiger charge is 2.08. The fourth-order valence-corrected chi connectivity index (χ4v) is 2.66. The molecule has 2 aromatic carbocycles. The van der Waals surface area contributed by atoms with Gasteiger partial charge in [-0.25, -0.2) is 0 Å². The molecule has 0 fully saturated rings. The quantitative estimate of drug-likeness (QED) is 0.664. The van der Waals surface area contributed by atoms with Crippen LogP contribution in [0.4, 0.5) is 0 Å². The lowest BCUT2D eigenvalue weighted by Gasteiger charge is -2.13. The SMILES string of the molecule is [CH2]C/C=C/c1cc(C)c(C)c2c(C)cc(C)cc12. The van der Waals surface area contributed by atoms with E-state index in [-0.39, 0.29) is 0 Å². The Hall–Kier alpha value is -1.56. The molecule has 0 saturated heterocycles. The molecular formula is C18H21. The van der Waals surface area contributed by atoms with Crippen molar-refractivity contribution in [2.75, 3.05) is 0 Å². The van der Waals surface area contributed by atoms with Gasteiger partial charge in [0.25, 0.3) is 0 Å². The molecule has 0 amide bonds. The smallest absolute Gasteiger partial charge is 0.0103 e. The molecule has 1 radical (unpaired) electrons. The molecule has 0 bridgehead atoms. The molecule has 0 saturated carbocycles.